The van der Waals surface area contributed by atoms with Crippen molar-refractivity contribution in [3.05, 3.63) is 16.1 Å². The molecule has 1 fully saturated rings. The van der Waals surface area contributed by atoms with Crippen LogP contribution in [0.15, 0.2) is 5.38 Å². The van der Waals surface area contributed by atoms with E-state index in [0.717, 1.165) is 24.6 Å². The summed E-state index contributed by atoms with van der Waals surface area (Å²) < 4.78 is 0. The number of rotatable bonds is 3. The molecule has 2 rings (SSSR count). The van der Waals surface area contributed by atoms with E-state index in [4.69, 9.17) is 11.6 Å². The topological polar surface area (TPSA) is 36.4 Å². The van der Waals surface area contributed by atoms with Crippen LogP contribution in [0.25, 0.3) is 0 Å². The second-order valence-electron chi connectivity index (χ2n) is 4.74. The van der Waals surface area contributed by atoms with E-state index in [1.165, 1.54) is 6.42 Å². The van der Waals surface area contributed by atoms with Crippen LogP contribution in [0.1, 0.15) is 28.0 Å². The first-order valence-corrected chi connectivity index (χ1v) is 7.46. The number of nitrogens with zero attached hydrogens (tertiary/aromatic N) is 3. The second-order valence-corrected chi connectivity index (χ2v) is 5.90. The molecule has 0 aromatic carbocycles. The molecule has 1 aromatic rings. The Morgan fingerprint density at radius 2 is 2.33 bits per heavy atom. The van der Waals surface area contributed by atoms with E-state index in [-0.39, 0.29) is 17.7 Å². The molecule has 1 aliphatic rings. The van der Waals surface area contributed by atoms with Gasteiger partial charge in [-0.05, 0) is 33.6 Å². The fourth-order valence-corrected chi connectivity index (χ4v) is 3.29. The Bertz CT molecular complexity index is 423. The van der Waals surface area contributed by atoms with Crippen molar-refractivity contribution in [2.45, 2.75) is 12.5 Å². The third-order valence-electron chi connectivity index (χ3n) is 3.28. The molecule has 1 aliphatic heterocycles. The SMILES string of the molecule is CN1CCCN(C)C(c2nc(C(=O)CCl)cs2)C1. The van der Waals surface area contributed by atoms with E-state index in [9.17, 15) is 4.79 Å². The van der Waals surface area contributed by atoms with Gasteiger partial charge in [-0.1, -0.05) is 0 Å². The molecule has 1 aromatic heterocycles. The maximum absolute atomic E-state index is 11.5. The zero-order valence-corrected chi connectivity index (χ0v) is 12.3. The van der Waals surface area contributed by atoms with Gasteiger partial charge < -0.3 is 4.90 Å². The lowest BCUT2D eigenvalue weighted by Gasteiger charge is -2.25. The van der Waals surface area contributed by atoms with Crippen molar-refractivity contribution in [3.8, 4) is 0 Å². The number of aromatic nitrogens is 1. The Morgan fingerprint density at radius 1 is 1.56 bits per heavy atom. The number of alkyl halides is 1. The van der Waals surface area contributed by atoms with E-state index >= 15 is 0 Å². The van der Waals surface area contributed by atoms with Gasteiger partial charge in [0.15, 0.2) is 5.78 Å². The number of Topliss-reactive ketones (excluding diaryl/α,β-unsaturated/α-hetero) is 1. The minimum absolute atomic E-state index is 0.00355. The van der Waals surface area contributed by atoms with Gasteiger partial charge in [0, 0.05) is 11.9 Å². The summed E-state index contributed by atoms with van der Waals surface area (Å²) in [7, 11) is 4.25. The van der Waals surface area contributed by atoms with E-state index in [1.54, 1.807) is 11.3 Å². The molecule has 0 radical (unpaired) electrons. The molecule has 0 bridgehead atoms. The molecule has 1 saturated heterocycles. The Kier molecular flexibility index (Phi) is 4.72. The molecule has 4 nitrogen and oxygen atoms in total. The third kappa shape index (κ3) is 3.09. The van der Waals surface area contributed by atoms with Crippen molar-refractivity contribution >= 4 is 28.7 Å². The summed E-state index contributed by atoms with van der Waals surface area (Å²) in [6, 6.07) is 0.277. The van der Waals surface area contributed by atoms with Crippen LogP contribution in [0.2, 0.25) is 0 Å². The minimum atomic E-state index is -0.0937. The Balaban J connectivity index is 2.18. The largest absolute Gasteiger partial charge is 0.304 e. The van der Waals surface area contributed by atoms with Gasteiger partial charge in [-0.15, -0.1) is 22.9 Å². The number of carbonyl (C=O) groups is 1. The first-order valence-electron chi connectivity index (χ1n) is 6.05. The summed E-state index contributed by atoms with van der Waals surface area (Å²) >= 11 is 7.11. The minimum Gasteiger partial charge on any atom is -0.304 e. The zero-order valence-electron chi connectivity index (χ0n) is 10.7. The molecule has 100 valence electrons. The average molecular weight is 288 g/mol. The van der Waals surface area contributed by atoms with Crippen LogP contribution in [-0.2, 0) is 0 Å². The molecule has 18 heavy (non-hydrogen) atoms. The predicted molar refractivity (Wildman–Crippen MR) is 74.6 cm³/mol. The Labute approximate surface area is 117 Å². The summed E-state index contributed by atoms with van der Waals surface area (Å²) in [6.45, 7) is 3.13. The molecular formula is C12H18ClN3OS. The van der Waals surface area contributed by atoms with Gasteiger partial charge in [0.1, 0.15) is 10.7 Å². The van der Waals surface area contributed by atoms with Crippen molar-refractivity contribution in [2.75, 3.05) is 39.6 Å². The van der Waals surface area contributed by atoms with Gasteiger partial charge in [0.25, 0.3) is 0 Å². The maximum Gasteiger partial charge on any atom is 0.196 e. The Morgan fingerprint density at radius 3 is 3.06 bits per heavy atom. The van der Waals surface area contributed by atoms with E-state index in [2.05, 4.69) is 28.9 Å². The average Bonchev–Trinajstić information content (AvgIpc) is 2.77. The highest BCUT2D eigenvalue weighted by Gasteiger charge is 2.25. The molecule has 1 unspecified atom stereocenters. The van der Waals surface area contributed by atoms with Crippen LogP contribution in [0.3, 0.4) is 0 Å². The molecule has 0 N–H and O–H groups in total. The van der Waals surface area contributed by atoms with E-state index in [1.807, 2.05) is 5.38 Å². The van der Waals surface area contributed by atoms with E-state index < -0.39 is 0 Å². The van der Waals surface area contributed by atoms with Crippen molar-refractivity contribution in [3.63, 3.8) is 0 Å². The first kappa shape index (κ1) is 13.9. The monoisotopic (exact) mass is 287 g/mol. The second kappa shape index (κ2) is 6.10. The van der Waals surface area contributed by atoms with Crippen LogP contribution in [-0.4, -0.2) is 60.2 Å². The van der Waals surface area contributed by atoms with Gasteiger partial charge in [-0.3, -0.25) is 9.69 Å². The van der Waals surface area contributed by atoms with Crippen molar-refractivity contribution in [2.24, 2.45) is 0 Å². The first-order chi connectivity index (χ1) is 8.61. The summed E-state index contributed by atoms with van der Waals surface area (Å²) in [5.41, 5.74) is 0.505. The molecule has 0 saturated carbocycles. The van der Waals surface area contributed by atoms with Gasteiger partial charge in [0.05, 0.1) is 11.9 Å². The molecule has 2 heterocycles. The normalized spacial score (nSPS) is 22.9. The zero-order chi connectivity index (χ0) is 13.1. The molecule has 0 spiro atoms. The predicted octanol–water partition coefficient (Wildman–Crippen LogP) is 1.87. The summed E-state index contributed by atoms with van der Waals surface area (Å²) in [4.78, 5) is 20.6. The van der Waals surface area contributed by atoms with Crippen molar-refractivity contribution in [1.82, 2.24) is 14.8 Å². The lowest BCUT2D eigenvalue weighted by atomic mass is 10.2. The van der Waals surface area contributed by atoms with Crippen LogP contribution in [0, 0.1) is 0 Å². The summed E-state index contributed by atoms with van der Waals surface area (Å²) in [5.74, 6) is -0.0902. The number of thiazole rings is 1. The van der Waals surface area contributed by atoms with Gasteiger partial charge >= 0.3 is 0 Å². The maximum atomic E-state index is 11.5. The van der Waals surface area contributed by atoms with E-state index in [0.29, 0.717) is 5.69 Å². The van der Waals surface area contributed by atoms with Crippen molar-refractivity contribution in [1.29, 1.82) is 0 Å². The lowest BCUT2D eigenvalue weighted by Crippen LogP contribution is -2.30. The van der Waals surface area contributed by atoms with Gasteiger partial charge in [0.2, 0.25) is 0 Å². The van der Waals surface area contributed by atoms with Crippen LogP contribution in [0.5, 0.6) is 0 Å². The third-order valence-corrected chi connectivity index (χ3v) is 4.47. The highest BCUT2D eigenvalue weighted by atomic mass is 35.5. The molecule has 6 heteroatoms. The highest BCUT2D eigenvalue weighted by Crippen LogP contribution is 2.26. The lowest BCUT2D eigenvalue weighted by molar-refractivity contribution is 0.101. The van der Waals surface area contributed by atoms with Crippen molar-refractivity contribution < 1.29 is 4.79 Å². The number of ketones is 1. The fourth-order valence-electron chi connectivity index (χ4n) is 2.18. The number of likely N-dealkylation sites (N-methyl/N-ethyl adjacent to an activating group) is 2. The van der Waals surface area contributed by atoms with Gasteiger partial charge in [-0.2, -0.15) is 0 Å². The molecule has 0 amide bonds. The van der Waals surface area contributed by atoms with Crippen LogP contribution in [0.4, 0.5) is 0 Å². The highest BCUT2D eigenvalue weighted by molar-refractivity contribution is 7.09. The summed E-state index contributed by atoms with van der Waals surface area (Å²) in [5, 5.41) is 2.83. The van der Waals surface area contributed by atoms with Crippen LogP contribution < -0.4 is 0 Å². The molecule has 1 atom stereocenters. The molecule has 0 aliphatic carbocycles. The molecular weight excluding hydrogens is 270 g/mol. The number of carbonyl (C=O) groups excluding carboxylic acids is 1. The summed E-state index contributed by atoms with van der Waals surface area (Å²) in [6.07, 6.45) is 1.17. The van der Waals surface area contributed by atoms with Crippen LogP contribution >= 0.6 is 22.9 Å². The quantitative estimate of drug-likeness (QED) is 0.628. The number of hydrogen-bond acceptors (Lipinski definition) is 5. The number of hydrogen-bond donors (Lipinski definition) is 0. The van der Waals surface area contributed by atoms with Gasteiger partial charge in [-0.25, -0.2) is 4.98 Å². The Hall–Kier alpha value is -0.490. The smallest absolute Gasteiger partial charge is 0.196 e. The fraction of sp³-hybridized carbons (Fsp3) is 0.667. The number of halogens is 1. The standard InChI is InChI=1S/C12H18ClN3OS/c1-15-4-3-5-16(2)10(7-15)12-14-9(8-18-12)11(17)6-13/h8,10H,3-7H2,1-2H3.